The summed E-state index contributed by atoms with van der Waals surface area (Å²) in [5, 5.41) is 1.16. The zero-order valence-corrected chi connectivity index (χ0v) is 9.55. The molecule has 0 aliphatic rings. The predicted molar refractivity (Wildman–Crippen MR) is 65.8 cm³/mol. The first-order chi connectivity index (χ1) is 8.33. The van der Waals surface area contributed by atoms with Gasteiger partial charge in [0.2, 0.25) is 0 Å². The largest absolute Gasteiger partial charge is 0.487 e. The number of rotatable bonds is 3. The Morgan fingerprint density at radius 3 is 3.12 bits per heavy atom. The Morgan fingerprint density at radius 2 is 2.29 bits per heavy atom. The molecule has 0 saturated carbocycles. The topological polar surface area (TPSA) is 42.8 Å². The van der Waals surface area contributed by atoms with E-state index in [9.17, 15) is 0 Å². The van der Waals surface area contributed by atoms with Crippen molar-refractivity contribution < 1.29 is 4.74 Å². The van der Waals surface area contributed by atoms with Gasteiger partial charge in [-0.15, -0.1) is 0 Å². The third-order valence-electron chi connectivity index (χ3n) is 2.83. The van der Waals surface area contributed by atoms with E-state index in [1.807, 2.05) is 48.3 Å². The molecule has 4 heteroatoms. The van der Waals surface area contributed by atoms with Gasteiger partial charge in [-0.05, 0) is 24.3 Å². The molecule has 2 heterocycles. The standard InChI is InChI=1S/C13H13N3O/c1-16-9-14-7-11(16)8-17-12-2-3-13-10(6-12)4-5-15-13/h2-7,9,15H,8H2,1H3. The van der Waals surface area contributed by atoms with Crippen molar-refractivity contribution in [1.82, 2.24) is 14.5 Å². The zero-order valence-electron chi connectivity index (χ0n) is 9.55. The van der Waals surface area contributed by atoms with Crippen LogP contribution in [-0.2, 0) is 13.7 Å². The van der Waals surface area contributed by atoms with E-state index in [0.29, 0.717) is 6.61 Å². The van der Waals surface area contributed by atoms with Crippen molar-refractivity contribution >= 4 is 10.9 Å². The first-order valence-corrected chi connectivity index (χ1v) is 5.48. The number of fused-ring (bicyclic) bond motifs is 1. The van der Waals surface area contributed by atoms with Crippen molar-refractivity contribution in [2.24, 2.45) is 7.05 Å². The highest BCUT2D eigenvalue weighted by Gasteiger charge is 2.01. The first kappa shape index (κ1) is 9.96. The average Bonchev–Trinajstić information content (AvgIpc) is 2.94. The summed E-state index contributed by atoms with van der Waals surface area (Å²) in [6, 6.07) is 8.05. The van der Waals surface area contributed by atoms with Crippen LogP contribution in [0.4, 0.5) is 0 Å². The maximum Gasteiger partial charge on any atom is 0.130 e. The molecule has 0 saturated heterocycles. The van der Waals surface area contributed by atoms with Crippen molar-refractivity contribution in [2.45, 2.75) is 6.61 Å². The molecule has 1 aromatic carbocycles. The number of H-pyrrole nitrogens is 1. The van der Waals surface area contributed by atoms with Crippen LogP contribution in [0.25, 0.3) is 10.9 Å². The Labute approximate surface area is 98.9 Å². The van der Waals surface area contributed by atoms with Crippen LogP contribution < -0.4 is 4.74 Å². The van der Waals surface area contributed by atoms with Gasteiger partial charge >= 0.3 is 0 Å². The molecule has 0 spiro atoms. The molecule has 0 aliphatic carbocycles. The first-order valence-electron chi connectivity index (χ1n) is 5.48. The third-order valence-corrected chi connectivity index (χ3v) is 2.83. The van der Waals surface area contributed by atoms with E-state index in [1.54, 1.807) is 6.33 Å². The van der Waals surface area contributed by atoms with Gasteiger partial charge in [0.15, 0.2) is 0 Å². The highest BCUT2D eigenvalue weighted by atomic mass is 16.5. The maximum atomic E-state index is 5.73. The van der Waals surface area contributed by atoms with Gasteiger partial charge in [0.1, 0.15) is 12.4 Å². The Bertz CT molecular complexity index is 639. The molecule has 86 valence electrons. The van der Waals surface area contributed by atoms with Crippen molar-refractivity contribution in [1.29, 1.82) is 0 Å². The molecule has 1 N–H and O–H groups in total. The highest BCUT2D eigenvalue weighted by Crippen LogP contribution is 2.20. The number of nitrogens with zero attached hydrogens (tertiary/aromatic N) is 2. The molecule has 0 aliphatic heterocycles. The SMILES string of the molecule is Cn1cncc1COc1ccc2[nH]ccc2c1. The van der Waals surface area contributed by atoms with Crippen molar-refractivity contribution in [3.8, 4) is 5.75 Å². The monoisotopic (exact) mass is 227 g/mol. The molecule has 2 aromatic heterocycles. The lowest BCUT2D eigenvalue weighted by Gasteiger charge is -2.06. The van der Waals surface area contributed by atoms with Crippen LogP contribution in [0.5, 0.6) is 5.75 Å². The molecule has 0 unspecified atom stereocenters. The Morgan fingerprint density at radius 1 is 1.35 bits per heavy atom. The van der Waals surface area contributed by atoms with Crippen LogP contribution in [0.1, 0.15) is 5.69 Å². The molecular formula is C13H13N3O. The number of imidazole rings is 1. The lowest BCUT2D eigenvalue weighted by atomic mass is 10.2. The van der Waals surface area contributed by atoms with Crippen LogP contribution in [0.3, 0.4) is 0 Å². The molecule has 3 aromatic rings. The predicted octanol–water partition coefficient (Wildman–Crippen LogP) is 2.48. The van der Waals surface area contributed by atoms with Gasteiger partial charge in [0, 0.05) is 24.1 Å². The molecule has 17 heavy (non-hydrogen) atoms. The summed E-state index contributed by atoms with van der Waals surface area (Å²) in [5.41, 5.74) is 2.18. The smallest absolute Gasteiger partial charge is 0.130 e. The lowest BCUT2D eigenvalue weighted by Crippen LogP contribution is -2.00. The maximum absolute atomic E-state index is 5.73. The van der Waals surface area contributed by atoms with Crippen LogP contribution in [0.15, 0.2) is 43.0 Å². The van der Waals surface area contributed by atoms with Crippen LogP contribution >= 0.6 is 0 Å². The van der Waals surface area contributed by atoms with E-state index in [2.05, 4.69) is 9.97 Å². The number of benzene rings is 1. The molecular weight excluding hydrogens is 214 g/mol. The zero-order chi connectivity index (χ0) is 11.7. The Balaban J connectivity index is 1.78. The van der Waals surface area contributed by atoms with Crippen molar-refractivity contribution in [3.05, 3.63) is 48.7 Å². The molecule has 0 amide bonds. The van der Waals surface area contributed by atoms with Crippen LogP contribution in [0.2, 0.25) is 0 Å². The molecule has 0 atom stereocenters. The van der Waals surface area contributed by atoms with Gasteiger partial charge in [-0.1, -0.05) is 0 Å². The minimum absolute atomic E-state index is 0.534. The van der Waals surface area contributed by atoms with Gasteiger partial charge in [0.05, 0.1) is 18.2 Å². The summed E-state index contributed by atoms with van der Waals surface area (Å²) in [5.74, 6) is 0.873. The van der Waals surface area contributed by atoms with E-state index < -0.39 is 0 Å². The minimum Gasteiger partial charge on any atom is -0.487 e. The number of hydrogen-bond donors (Lipinski definition) is 1. The molecule has 0 bridgehead atoms. The Kier molecular flexibility index (Phi) is 2.33. The summed E-state index contributed by atoms with van der Waals surface area (Å²) in [6.07, 6.45) is 5.51. The second kappa shape index (κ2) is 3.97. The van der Waals surface area contributed by atoms with E-state index in [-0.39, 0.29) is 0 Å². The van der Waals surface area contributed by atoms with Crippen molar-refractivity contribution in [3.63, 3.8) is 0 Å². The number of aryl methyl sites for hydroxylation is 1. The van der Waals surface area contributed by atoms with Gasteiger partial charge in [0.25, 0.3) is 0 Å². The molecule has 0 radical (unpaired) electrons. The van der Waals surface area contributed by atoms with E-state index in [4.69, 9.17) is 4.74 Å². The number of nitrogens with one attached hydrogen (secondary N) is 1. The Hall–Kier alpha value is -2.23. The fourth-order valence-electron chi connectivity index (χ4n) is 1.80. The summed E-state index contributed by atoms with van der Waals surface area (Å²) in [6.45, 7) is 0.534. The summed E-state index contributed by atoms with van der Waals surface area (Å²) >= 11 is 0. The van der Waals surface area contributed by atoms with Gasteiger partial charge in [-0.3, -0.25) is 0 Å². The number of aromatic nitrogens is 3. The van der Waals surface area contributed by atoms with Gasteiger partial charge in [-0.25, -0.2) is 4.98 Å². The molecule has 0 fully saturated rings. The normalized spacial score (nSPS) is 10.9. The third kappa shape index (κ3) is 1.89. The van der Waals surface area contributed by atoms with Crippen LogP contribution in [-0.4, -0.2) is 14.5 Å². The minimum atomic E-state index is 0.534. The number of aromatic amines is 1. The van der Waals surface area contributed by atoms with Gasteiger partial charge < -0.3 is 14.3 Å². The summed E-state index contributed by atoms with van der Waals surface area (Å²) < 4.78 is 7.69. The quantitative estimate of drug-likeness (QED) is 0.747. The summed E-state index contributed by atoms with van der Waals surface area (Å²) in [4.78, 5) is 7.21. The van der Waals surface area contributed by atoms with Gasteiger partial charge in [-0.2, -0.15) is 0 Å². The number of ether oxygens (including phenoxy) is 1. The van der Waals surface area contributed by atoms with E-state index in [1.165, 1.54) is 0 Å². The highest BCUT2D eigenvalue weighted by molar-refractivity contribution is 5.80. The fraction of sp³-hybridized carbons (Fsp3) is 0.154. The summed E-state index contributed by atoms with van der Waals surface area (Å²) in [7, 11) is 1.96. The second-order valence-corrected chi connectivity index (χ2v) is 4.01. The van der Waals surface area contributed by atoms with Crippen LogP contribution in [0, 0.1) is 0 Å². The van der Waals surface area contributed by atoms with E-state index in [0.717, 1.165) is 22.3 Å². The molecule has 3 rings (SSSR count). The fourth-order valence-corrected chi connectivity index (χ4v) is 1.80. The lowest BCUT2D eigenvalue weighted by molar-refractivity contribution is 0.297. The van der Waals surface area contributed by atoms with Crippen molar-refractivity contribution in [2.75, 3.05) is 0 Å². The average molecular weight is 227 g/mol. The second-order valence-electron chi connectivity index (χ2n) is 4.01. The number of hydrogen-bond acceptors (Lipinski definition) is 2. The van der Waals surface area contributed by atoms with E-state index >= 15 is 0 Å². The molecule has 4 nitrogen and oxygen atoms in total.